The van der Waals surface area contributed by atoms with Crippen LogP contribution in [0.1, 0.15) is 45.7 Å². The van der Waals surface area contributed by atoms with Gasteiger partial charge in [0.2, 0.25) is 0 Å². The van der Waals surface area contributed by atoms with E-state index < -0.39 is 5.97 Å². The van der Waals surface area contributed by atoms with Gasteiger partial charge in [-0.05, 0) is 48.4 Å². The summed E-state index contributed by atoms with van der Waals surface area (Å²) in [5.41, 5.74) is 5.04. The molecule has 0 aliphatic heterocycles. The molecule has 0 aliphatic rings. The quantitative estimate of drug-likeness (QED) is 0.420. The summed E-state index contributed by atoms with van der Waals surface area (Å²) < 4.78 is 5.28. The summed E-state index contributed by atoms with van der Waals surface area (Å²) in [5, 5.41) is 5.30. The van der Waals surface area contributed by atoms with E-state index in [-0.39, 0.29) is 12.5 Å². The summed E-state index contributed by atoms with van der Waals surface area (Å²) in [6.45, 7) is 4.15. The molecule has 0 spiro atoms. The fourth-order valence-corrected chi connectivity index (χ4v) is 4.56. The van der Waals surface area contributed by atoms with Crippen molar-refractivity contribution < 1.29 is 14.3 Å². The maximum atomic E-state index is 12.8. The van der Waals surface area contributed by atoms with Crippen molar-refractivity contribution >= 4 is 40.0 Å². The third-order valence-electron chi connectivity index (χ3n) is 4.70. The molecule has 30 heavy (non-hydrogen) atoms. The highest BCUT2D eigenvalue weighted by Crippen LogP contribution is 2.36. The maximum absolute atomic E-state index is 12.8. The fraction of sp³-hybridized carbons (Fsp3) is 0.250. The molecule has 6 heteroatoms. The van der Waals surface area contributed by atoms with Gasteiger partial charge in [-0.15, -0.1) is 11.3 Å². The van der Waals surface area contributed by atoms with E-state index in [0.717, 1.165) is 23.3 Å². The molecular formula is C24H25NO3S2. The number of rotatable bonds is 8. The number of nitrogens with one attached hydrogen (secondary N) is 1. The molecule has 3 rings (SSSR count). The third kappa shape index (κ3) is 5.12. The fourth-order valence-electron chi connectivity index (χ4n) is 3.08. The van der Waals surface area contributed by atoms with Crippen molar-refractivity contribution in [1.82, 2.24) is 0 Å². The largest absolute Gasteiger partial charge is 0.462 e. The standard InChI is InChI=1S/C24H25NO3S2/c1-4-16-6-10-18(11-7-16)20-15-30-23(21(20)24(27)28-5-2)25-22(26)19-12-8-17(9-13-19)14-29-3/h6-13,15H,4-5,14H2,1-3H3,(H,25,26). The predicted octanol–water partition coefficient (Wildman–Crippen LogP) is 6.27. The summed E-state index contributed by atoms with van der Waals surface area (Å²) in [6.07, 6.45) is 2.99. The second-order valence-electron chi connectivity index (χ2n) is 6.71. The Morgan fingerprint density at radius 2 is 1.67 bits per heavy atom. The molecule has 156 valence electrons. The summed E-state index contributed by atoms with van der Waals surface area (Å²) in [6, 6.07) is 15.6. The molecule has 2 aromatic carbocycles. The van der Waals surface area contributed by atoms with Gasteiger partial charge in [-0.3, -0.25) is 4.79 Å². The monoisotopic (exact) mass is 439 g/mol. The minimum atomic E-state index is -0.432. The summed E-state index contributed by atoms with van der Waals surface area (Å²) >= 11 is 3.07. The molecular weight excluding hydrogens is 414 g/mol. The van der Waals surface area contributed by atoms with Crippen molar-refractivity contribution in [2.24, 2.45) is 0 Å². The maximum Gasteiger partial charge on any atom is 0.341 e. The van der Waals surface area contributed by atoms with Crippen LogP contribution in [-0.2, 0) is 16.9 Å². The van der Waals surface area contributed by atoms with Crippen molar-refractivity contribution in [3.05, 3.63) is 76.2 Å². The first-order chi connectivity index (χ1) is 14.6. The van der Waals surface area contributed by atoms with Gasteiger partial charge in [-0.25, -0.2) is 4.79 Å². The molecule has 1 heterocycles. The number of thiophene rings is 1. The molecule has 0 saturated heterocycles. The van der Waals surface area contributed by atoms with E-state index in [1.165, 1.54) is 22.5 Å². The molecule has 4 nitrogen and oxygen atoms in total. The molecule has 0 bridgehead atoms. The Bertz CT molecular complexity index is 1010. The van der Waals surface area contributed by atoms with Gasteiger partial charge in [-0.2, -0.15) is 11.8 Å². The number of thioether (sulfide) groups is 1. The van der Waals surface area contributed by atoms with Crippen molar-refractivity contribution in [3.8, 4) is 11.1 Å². The summed E-state index contributed by atoms with van der Waals surface area (Å²) in [5.74, 6) is 0.227. The van der Waals surface area contributed by atoms with Gasteiger partial charge in [-0.1, -0.05) is 43.3 Å². The van der Waals surface area contributed by atoms with Crippen LogP contribution in [-0.4, -0.2) is 24.7 Å². The Morgan fingerprint density at radius 3 is 2.27 bits per heavy atom. The minimum Gasteiger partial charge on any atom is -0.462 e. The van der Waals surface area contributed by atoms with Crippen LogP contribution in [0, 0.1) is 0 Å². The van der Waals surface area contributed by atoms with E-state index >= 15 is 0 Å². The van der Waals surface area contributed by atoms with E-state index in [9.17, 15) is 9.59 Å². The van der Waals surface area contributed by atoms with Crippen LogP contribution in [0.5, 0.6) is 0 Å². The lowest BCUT2D eigenvalue weighted by Gasteiger charge is -2.09. The van der Waals surface area contributed by atoms with Gasteiger partial charge in [0.25, 0.3) is 5.91 Å². The van der Waals surface area contributed by atoms with Gasteiger partial charge in [0, 0.05) is 22.3 Å². The smallest absolute Gasteiger partial charge is 0.341 e. The van der Waals surface area contributed by atoms with Crippen LogP contribution in [0.2, 0.25) is 0 Å². The highest BCUT2D eigenvalue weighted by atomic mass is 32.2. The number of carbonyl (C=O) groups is 2. The van der Waals surface area contributed by atoms with Crippen molar-refractivity contribution in [1.29, 1.82) is 0 Å². The molecule has 0 aliphatic carbocycles. The highest BCUT2D eigenvalue weighted by molar-refractivity contribution is 7.97. The molecule has 0 unspecified atom stereocenters. The van der Waals surface area contributed by atoms with E-state index in [1.807, 2.05) is 48.0 Å². The van der Waals surface area contributed by atoms with E-state index in [4.69, 9.17) is 4.74 Å². The Kier molecular flexibility index (Phi) is 7.71. The van der Waals surface area contributed by atoms with Gasteiger partial charge in [0.1, 0.15) is 10.6 Å². The first-order valence-electron chi connectivity index (χ1n) is 9.84. The molecule has 3 aromatic rings. The van der Waals surface area contributed by atoms with Crippen LogP contribution < -0.4 is 5.32 Å². The molecule has 1 N–H and O–H groups in total. The first-order valence-corrected chi connectivity index (χ1v) is 12.1. The van der Waals surface area contributed by atoms with Crippen LogP contribution in [0.4, 0.5) is 5.00 Å². The van der Waals surface area contributed by atoms with Crippen LogP contribution >= 0.6 is 23.1 Å². The van der Waals surface area contributed by atoms with Gasteiger partial charge < -0.3 is 10.1 Å². The van der Waals surface area contributed by atoms with E-state index in [1.54, 1.807) is 18.7 Å². The molecule has 0 radical (unpaired) electrons. The SMILES string of the molecule is CCOC(=O)c1c(-c2ccc(CC)cc2)csc1NC(=O)c1ccc(CSC)cc1. The lowest BCUT2D eigenvalue weighted by atomic mass is 10.0. The zero-order chi connectivity index (χ0) is 21.5. The van der Waals surface area contributed by atoms with Crippen molar-refractivity contribution in [3.63, 3.8) is 0 Å². The topological polar surface area (TPSA) is 55.4 Å². The van der Waals surface area contributed by atoms with Crippen LogP contribution in [0.15, 0.2) is 53.9 Å². The van der Waals surface area contributed by atoms with Crippen LogP contribution in [0.25, 0.3) is 11.1 Å². The number of esters is 1. The van der Waals surface area contributed by atoms with Gasteiger partial charge in [0.15, 0.2) is 0 Å². The van der Waals surface area contributed by atoms with Crippen molar-refractivity contribution in [2.75, 3.05) is 18.2 Å². The van der Waals surface area contributed by atoms with Crippen molar-refractivity contribution in [2.45, 2.75) is 26.0 Å². The lowest BCUT2D eigenvalue weighted by Crippen LogP contribution is -2.14. The number of ether oxygens (including phenoxy) is 1. The number of benzene rings is 2. The Morgan fingerprint density at radius 1 is 1.00 bits per heavy atom. The van der Waals surface area contributed by atoms with Gasteiger partial charge in [0.05, 0.1) is 6.61 Å². The van der Waals surface area contributed by atoms with E-state index in [2.05, 4.69) is 24.4 Å². The number of aryl methyl sites for hydroxylation is 1. The summed E-state index contributed by atoms with van der Waals surface area (Å²) in [4.78, 5) is 25.5. The number of carbonyl (C=O) groups excluding carboxylic acids is 2. The Labute approximate surface area is 185 Å². The first kappa shape index (κ1) is 22.1. The van der Waals surface area contributed by atoms with Gasteiger partial charge >= 0.3 is 5.97 Å². The zero-order valence-electron chi connectivity index (χ0n) is 17.4. The van der Waals surface area contributed by atoms with E-state index in [0.29, 0.717) is 16.1 Å². The average molecular weight is 440 g/mol. The number of hydrogen-bond acceptors (Lipinski definition) is 5. The minimum absolute atomic E-state index is 0.244. The molecule has 0 fully saturated rings. The van der Waals surface area contributed by atoms with Crippen LogP contribution in [0.3, 0.4) is 0 Å². The molecule has 1 amide bonds. The Hall–Kier alpha value is -2.57. The molecule has 0 saturated carbocycles. The number of hydrogen-bond donors (Lipinski definition) is 1. The average Bonchev–Trinajstić information content (AvgIpc) is 3.18. The summed E-state index contributed by atoms with van der Waals surface area (Å²) in [7, 11) is 0. The predicted molar refractivity (Wildman–Crippen MR) is 127 cm³/mol. The normalized spacial score (nSPS) is 10.6. The Balaban J connectivity index is 1.90. The molecule has 0 atom stereocenters. The second-order valence-corrected chi connectivity index (χ2v) is 8.45. The number of amides is 1. The zero-order valence-corrected chi connectivity index (χ0v) is 19.0. The number of anilines is 1. The third-order valence-corrected chi connectivity index (χ3v) is 6.22. The lowest BCUT2D eigenvalue weighted by molar-refractivity contribution is 0.0529. The molecule has 1 aromatic heterocycles. The second kappa shape index (κ2) is 10.5. The highest BCUT2D eigenvalue weighted by Gasteiger charge is 2.23.